The van der Waals surface area contributed by atoms with E-state index in [0.717, 1.165) is 36.8 Å². The third-order valence-corrected chi connectivity index (χ3v) is 5.89. The average Bonchev–Trinajstić information content (AvgIpc) is 2.62. The first-order valence-electron chi connectivity index (χ1n) is 10.2. The molecule has 1 fully saturated rings. The van der Waals surface area contributed by atoms with E-state index in [1.54, 1.807) is 0 Å². The third-order valence-electron chi connectivity index (χ3n) is 5.89. The van der Waals surface area contributed by atoms with Crippen molar-refractivity contribution in [3.63, 3.8) is 0 Å². The first-order chi connectivity index (χ1) is 12.5. The number of halogens is 2. The molecule has 0 saturated heterocycles. The van der Waals surface area contributed by atoms with Crippen molar-refractivity contribution >= 4 is 5.97 Å². The quantitative estimate of drug-likeness (QED) is 0.488. The molecule has 0 spiro atoms. The number of aliphatic carboxylic acids is 1. The minimum Gasteiger partial charge on any atom is -0.481 e. The molecule has 0 radical (unpaired) electrons. The summed E-state index contributed by atoms with van der Waals surface area (Å²) in [4.78, 5) is 11.5. The van der Waals surface area contributed by atoms with Crippen LogP contribution in [0.3, 0.4) is 0 Å². The van der Waals surface area contributed by atoms with Crippen molar-refractivity contribution < 1.29 is 18.7 Å². The second-order valence-corrected chi connectivity index (χ2v) is 7.95. The zero-order chi connectivity index (χ0) is 18.9. The van der Waals surface area contributed by atoms with Gasteiger partial charge >= 0.3 is 5.97 Å². The molecule has 0 aliphatic heterocycles. The second kappa shape index (κ2) is 10.6. The van der Waals surface area contributed by atoms with Crippen LogP contribution in [0.5, 0.6) is 0 Å². The van der Waals surface area contributed by atoms with E-state index >= 15 is 0 Å². The Hall–Kier alpha value is -1.45. The predicted octanol–water partition coefficient (Wildman–Crippen LogP) is 6.38. The average molecular weight is 366 g/mol. The van der Waals surface area contributed by atoms with Gasteiger partial charge < -0.3 is 5.11 Å². The highest BCUT2D eigenvalue weighted by Crippen LogP contribution is 2.34. The number of hydrogen-bond acceptors (Lipinski definition) is 1. The zero-order valence-corrected chi connectivity index (χ0v) is 15.9. The number of hydrogen-bond donors (Lipinski definition) is 1. The molecule has 0 aromatic heterocycles. The summed E-state index contributed by atoms with van der Waals surface area (Å²) >= 11 is 0. The summed E-state index contributed by atoms with van der Waals surface area (Å²) < 4.78 is 26.3. The van der Waals surface area contributed by atoms with Gasteiger partial charge in [0.1, 0.15) is 0 Å². The number of benzene rings is 1. The van der Waals surface area contributed by atoms with Gasteiger partial charge in [-0.15, -0.1) is 0 Å². The number of unbranched alkanes of at least 4 members (excludes halogenated alkanes) is 1. The van der Waals surface area contributed by atoms with Crippen LogP contribution in [0.2, 0.25) is 0 Å². The lowest BCUT2D eigenvalue weighted by Gasteiger charge is -2.28. The Labute approximate surface area is 156 Å². The van der Waals surface area contributed by atoms with Crippen molar-refractivity contribution in [1.29, 1.82) is 0 Å². The monoisotopic (exact) mass is 366 g/mol. The Kier molecular flexibility index (Phi) is 8.53. The van der Waals surface area contributed by atoms with Gasteiger partial charge in [-0.25, -0.2) is 8.78 Å². The molecule has 0 bridgehead atoms. The topological polar surface area (TPSA) is 37.3 Å². The summed E-state index contributed by atoms with van der Waals surface area (Å²) in [6, 6.07) is 3.65. The first kappa shape index (κ1) is 20.9. The number of rotatable bonds is 10. The van der Waals surface area contributed by atoms with E-state index in [-0.39, 0.29) is 6.42 Å². The predicted molar refractivity (Wildman–Crippen MR) is 100 cm³/mol. The fraction of sp³-hybridized carbons (Fsp3) is 0.682. The standard InChI is InChI=1S/C22H32F2O2/c1-2-5-16-8-10-17(11-9-16)6-3-4-7-19(22(25)26)14-18-12-13-20(23)21(24)15-18/h12-13,15-17,19H,2-11,14H2,1H3,(H,25,26). The molecule has 1 N–H and O–H groups in total. The summed E-state index contributed by atoms with van der Waals surface area (Å²) in [6.07, 6.45) is 12.0. The van der Waals surface area contributed by atoms with Crippen molar-refractivity contribution in [3.8, 4) is 0 Å². The van der Waals surface area contributed by atoms with Gasteiger partial charge in [-0.1, -0.05) is 70.8 Å². The lowest BCUT2D eigenvalue weighted by atomic mass is 9.78. The molecule has 26 heavy (non-hydrogen) atoms. The molecule has 1 aromatic carbocycles. The van der Waals surface area contributed by atoms with Gasteiger partial charge in [0.25, 0.3) is 0 Å². The molecule has 2 nitrogen and oxygen atoms in total. The van der Waals surface area contributed by atoms with Crippen molar-refractivity contribution in [3.05, 3.63) is 35.4 Å². The molecule has 146 valence electrons. The zero-order valence-electron chi connectivity index (χ0n) is 15.9. The summed E-state index contributed by atoms with van der Waals surface area (Å²) in [6.45, 7) is 2.26. The fourth-order valence-electron chi connectivity index (χ4n) is 4.30. The van der Waals surface area contributed by atoms with Gasteiger partial charge in [0.2, 0.25) is 0 Å². The maximum absolute atomic E-state index is 13.3. The molecule has 4 heteroatoms. The van der Waals surface area contributed by atoms with Crippen molar-refractivity contribution in [2.24, 2.45) is 17.8 Å². The second-order valence-electron chi connectivity index (χ2n) is 7.95. The Bertz CT molecular complexity index is 565. The highest BCUT2D eigenvalue weighted by Gasteiger charge is 2.21. The Morgan fingerprint density at radius 2 is 1.73 bits per heavy atom. The van der Waals surface area contributed by atoms with Crippen LogP contribution in [0, 0.1) is 29.4 Å². The minimum absolute atomic E-state index is 0.259. The van der Waals surface area contributed by atoms with Crippen LogP contribution in [0.4, 0.5) is 8.78 Å². The van der Waals surface area contributed by atoms with E-state index in [2.05, 4.69) is 6.92 Å². The first-order valence-corrected chi connectivity index (χ1v) is 10.2. The van der Waals surface area contributed by atoms with E-state index in [9.17, 15) is 18.7 Å². The van der Waals surface area contributed by atoms with Crippen molar-refractivity contribution in [1.82, 2.24) is 0 Å². The van der Waals surface area contributed by atoms with E-state index in [1.165, 1.54) is 51.0 Å². The SMILES string of the molecule is CCCC1CCC(CCCCC(Cc2ccc(F)c(F)c2)C(=O)O)CC1. The van der Waals surface area contributed by atoms with E-state index in [1.807, 2.05) is 0 Å². The van der Waals surface area contributed by atoms with E-state index < -0.39 is 23.5 Å². The Morgan fingerprint density at radius 1 is 1.08 bits per heavy atom. The van der Waals surface area contributed by atoms with Crippen molar-refractivity contribution in [2.75, 3.05) is 0 Å². The molecule has 1 atom stereocenters. The molecule has 1 aliphatic carbocycles. The molecule has 0 heterocycles. The smallest absolute Gasteiger partial charge is 0.306 e. The van der Waals surface area contributed by atoms with Gasteiger partial charge in [0.05, 0.1) is 5.92 Å². The van der Waals surface area contributed by atoms with Gasteiger partial charge in [-0.3, -0.25) is 4.79 Å². The molecule has 0 amide bonds. The molecule has 1 aromatic rings. The molecular weight excluding hydrogens is 334 g/mol. The van der Waals surface area contributed by atoms with Crippen LogP contribution in [0.1, 0.15) is 76.7 Å². The molecule has 1 aliphatic rings. The maximum Gasteiger partial charge on any atom is 0.306 e. The molecule has 1 saturated carbocycles. The fourth-order valence-corrected chi connectivity index (χ4v) is 4.30. The highest BCUT2D eigenvalue weighted by molar-refractivity contribution is 5.70. The lowest BCUT2D eigenvalue weighted by molar-refractivity contribution is -0.142. The summed E-state index contributed by atoms with van der Waals surface area (Å²) in [5, 5.41) is 9.42. The normalized spacial score (nSPS) is 21.5. The summed E-state index contributed by atoms with van der Waals surface area (Å²) in [5.41, 5.74) is 0.547. The van der Waals surface area contributed by atoms with Gasteiger partial charge in [-0.05, 0) is 42.4 Å². The van der Waals surface area contributed by atoms with Crippen LogP contribution >= 0.6 is 0 Å². The highest BCUT2D eigenvalue weighted by atomic mass is 19.2. The lowest BCUT2D eigenvalue weighted by Crippen LogP contribution is -2.17. The Morgan fingerprint density at radius 3 is 2.31 bits per heavy atom. The van der Waals surface area contributed by atoms with E-state index in [0.29, 0.717) is 12.0 Å². The Balaban J connectivity index is 1.70. The van der Waals surface area contributed by atoms with Gasteiger partial charge in [0, 0.05) is 0 Å². The number of carboxylic acid groups (broad SMARTS) is 1. The number of carbonyl (C=O) groups is 1. The summed E-state index contributed by atoms with van der Waals surface area (Å²) in [7, 11) is 0. The van der Waals surface area contributed by atoms with Crippen LogP contribution < -0.4 is 0 Å². The van der Waals surface area contributed by atoms with Crippen LogP contribution in [-0.4, -0.2) is 11.1 Å². The minimum atomic E-state index is -0.912. The summed E-state index contributed by atoms with van der Waals surface area (Å²) in [5.74, 6) is -1.46. The van der Waals surface area contributed by atoms with Gasteiger partial charge in [-0.2, -0.15) is 0 Å². The molecular formula is C22H32F2O2. The van der Waals surface area contributed by atoms with Crippen molar-refractivity contribution in [2.45, 2.75) is 77.6 Å². The van der Waals surface area contributed by atoms with Crippen LogP contribution in [0.25, 0.3) is 0 Å². The van der Waals surface area contributed by atoms with Gasteiger partial charge in [0.15, 0.2) is 11.6 Å². The molecule has 1 unspecified atom stereocenters. The molecule has 2 rings (SSSR count). The largest absolute Gasteiger partial charge is 0.481 e. The maximum atomic E-state index is 13.3. The van der Waals surface area contributed by atoms with Crippen LogP contribution in [0.15, 0.2) is 18.2 Å². The van der Waals surface area contributed by atoms with Crippen LogP contribution in [-0.2, 0) is 11.2 Å². The third kappa shape index (κ3) is 6.69. The van der Waals surface area contributed by atoms with E-state index in [4.69, 9.17) is 0 Å². The number of carboxylic acids is 1.